The van der Waals surface area contributed by atoms with Crippen LogP contribution in [0.15, 0.2) is 44.7 Å². The van der Waals surface area contributed by atoms with E-state index in [1.165, 1.54) is 20.6 Å². The van der Waals surface area contributed by atoms with Crippen molar-refractivity contribution in [2.45, 2.75) is 17.2 Å². The minimum absolute atomic E-state index is 0.468. The predicted molar refractivity (Wildman–Crippen MR) is 88.7 cm³/mol. The summed E-state index contributed by atoms with van der Waals surface area (Å²) in [6.07, 6.45) is 1.28. The van der Waals surface area contributed by atoms with Crippen molar-refractivity contribution >= 4 is 59.1 Å². The number of halogens is 3. The molecule has 0 aliphatic heterocycles. The van der Waals surface area contributed by atoms with E-state index < -0.39 is 0 Å². The number of alkyl halides is 1. The summed E-state index contributed by atoms with van der Waals surface area (Å²) in [5, 5.41) is 0. The van der Waals surface area contributed by atoms with Gasteiger partial charge in [0.15, 0.2) is 0 Å². The molecule has 3 atom stereocenters. The molecule has 1 aromatic carbocycles. The number of hydrogen-bond acceptors (Lipinski definition) is 1. The van der Waals surface area contributed by atoms with Crippen molar-refractivity contribution < 1.29 is 0 Å². The second-order valence-electron chi connectivity index (χ2n) is 4.59. The normalized spacial score (nSPS) is 23.9. The Hall–Kier alpha value is 0.360. The van der Waals surface area contributed by atoms with Crippen molar-refractivity contribution in [2.24, 2.45) is 5.92 Å². The second-order valence-corrected chi connectivity index (χ2v) is 8.83. The van der Waals surface area contributed by atoms with Crippen molar-refractivity contribution in [1.82, 2.24) is 0 Å². The van der Waals surface area contributed by atoms with E-state index in [2.05, 4.69) is 84.2 Å². The first-order valence-electron chi connectivity index (χ1n) is 5.80. The molecular formula is C14H11Br3S. The Kier molecular flexibility index (Phi) is 4.00. The van der Waals surface area contributed by atoms with Gasteiger partial charge in [0, 0.05) is 9.35 Å². The van der Waals surface area contributed by atoms with Gasteiger partial charge in [0.25, 0.3) is 0 Å². The summed E-state index contributed by atoms with van der Waals surface area (Å²) in [7, 11) is 0. The summed E-state index contributed by atoms with van der Waals surface area (Å²) in [6, 6.07) is 13.0. The first-order chi connectivity index (χ1) is 8.66. The van der Waals surface area contributed by atoms with Crippen LogP contribution in [0.5, 0.6) is 0 Å². The van der Waals surface area contributed by atoms with Gasteiger partial charge in [0.1, 0.15) is 0 Å². The third-order valence-corrected chi connectivity index (χ3v) is 8.19. The molecule has 1 aliphatic carbocycles. The highest BCUT2D eigenvalue weighted by atomic mass is 79.9. The minimum atomic E-state index is 0.468. The van der Waals surface area contributed by atoms with Gasteiger partial charge in [-0.15, -0.1) is 11.3 Å². The van der Waals surface area contributed by atoms with Crippen LogP contribution in [-0.2, 0) is 0 Å². The lowest BCUT2D eigenvalue weighted by Crippen LogP contribution is -1.91. The lowest BCUT2D eigenvalue weighted by molar-refractivity contribution is 0.798. The number of hydrogen-bond donors (Lipinski definition) is 0. The fourth-order valence-corrected chi connectivity index (χ4v) is 5.47. The van der Waals surface area contributed by atoms with Gasteiger partial charge >= 0.3 is 0 Å². The van der Waals surface area contributed by atoms with Crippen LogP contribution in [0.25, 0.3) is 0 Å². The summed E-state index contributed by atoms with van der Waals surface area (Å²) in [5.41, 5.74) is 1.47. The molecule has 0 N–H and O–H groups in total. The second kappa shape index (κ2) is 5.39. The topological polar surface area (TPSA) is 0 Å². The molecule has 0 saturated heterocycles. The number of rotatable bonds is 3. The Morgan fingerprint density at radius 2 is 1.89 bits per heavy atom. The molecule has 4 heteroatoms. The first kappa shape index (κ1) is 13.3. The zero-order valence-corrected chi connectivity index (χ0v) is 15.0. The van der Waals surface area contributed by atoms with E-state index in [1.807, 2.05) is 11.3 Å². The molecule has 2 aromatic rings. The summed E-state index contributed by atoms with van der Waals surface area (Å²) < 4.78 is 2.34. The highest BCUT2D eigenvalue weighted by Gasteiger charge is 2.43. The molecule has 1 aromatic heterocycles. The van der Waals surface area contributed by atoms with E-state index >= 15 is 0 Å². The Morgan fingerprint density at radius 1 is 1.17 bits per heavy atom. The quantitative estimate of drug-likeness (QED) is 0.467. The zero-order valence-electron chi connectivity index (χ0n) is 9.45. The maximum absolute atomic E-state index is 3.87. The van der Waals surface area contributed by atoms with E-state index in [4.69, 9.17) is 0 Å². The van der Waals surface area contributed by atoms with Gasteiger partial charge < -0.3 is 0 Å². The first-order valence-corrected chi connectivity index (χ1v) is 9.12. The predicted octanol–water partition coefficient (Wildman–Crippen LogP) is 6.51. The minimum Gasteiger partial charge on any atom is -0.131 e. The summed E-state index contributed by atoms with van der Waals surface area (Å²) in [6.45, 7) is 0. The van der Waals surface area contributed by atoms with Crippen molar-refractivity contribution in [3.05, 3.63) is 55.1 Å². The van der Waals surface area contributed by atoms with E-state index in [0.29, 0.717) is 4.83 Å². The lowest BCUT2D eigenvalue weighted by Gasteiger charge is -2.06. The molecule has 1 heterocycles. The van der Waals surface area contributed by atoms with E-state index in [-0.39, 0.29) is 0 Å². The fraction of sp³-hybridized carbons (Fsp3) is 0.286. The van der Waals surface area contributed by atoms with E-state index in [0.717, 1.165) is 16.3 Å². The monoisotopic (exact) mass is 448 g/mol. The fourth-order valence-electron chi connectivity index (χ4n) is 2.33. The molecular weight excluding hydrogens is 440 g/mol. The van der Waals surface area contributed by atoms with Crippen LogP contribution in [0.2, 0.25) is 0 Å². The van der Waals surface area contributed by atoms with Gasteiger partial charge in [-0.05, 0) is 61.7 Å². The SMILES string of the molecule is Brc1cc(C(Br)C2CC2c2ccccc2)sc1Br. The van der Waals surface area contributed by atoms with Crippen molar-refractivity contribution in [2.75, 3.05) is 0 Å². The van der Waals surface area contributed by atoms with Crippen molar-refractivity contribution in [3.8, 4) is 0 Å². The Balaban J connectivity index is 1.75. The van der Waals surface area contributed by atoms with Crippen LogP contribution in [0.4, 0.5) is 0 Å². The van der Waals surface area contributed by atoms with Crippen LogP contribution in [0.1, 0.15) is 27.6 Å². The molecule has 94 valence electrons. The summed E-state index contributed by atoms with van der Waals surface area (Å²) in [4.78, 5) is 1.87. The van der Waals surface area contributed by atoms with Crippen LogP contribution in [0.3, 0.4) is 0 Å². The highest BCUT2D eigenvalue weighted by molar-refractivity contribution is 9.13. The number of benzene rings is 1. The molecule has 0 amide bonds. The number of thiophene rings is 1. The smallest absolute Gasteiger partial charge is 0.0843 e. The highest BCUT2D eigenvalue weighted by Crippen LogP contribution is 2.58. The molecule has 0 bridgehead atoms. The lowest BCUT2D eigenvalue weighted by atomic mass is 10.1. The third kappa shape index (κ3) is 2.62. The Labute approximate surface area is 136 Å². The van der Waals surface area contributed by atoms with Crippen LogP contribution < -0.4 is 0 Å². The van der Waals surface area contributed by atoms with Crippen LogP contribution in [0, 0.1) is 5.92 Å². The molecule has 1 saturated carbocycles. The van der Waals surface area contributed by atoms with Gasteiger partial charge in [-0.2, -0.15) is 0 Å². The molecule has 3 rings (SSSR count). The average molecular weight is 451 g/mol. The molecule has 18 heavy (non-hydrogen) atoms. The van der Waals surface area contributed by atoms with Gasteiger partial charge in [0.2, 0.25) is 0 Å². The van der Waals surface area contributed by atoms with Gasteiger partial charge in [-0.25, -0.2) is 0 Å². The largest absolute Gasteiger partial charge is 0.131 e. The Bertz CT molecular complexity index is 530. The zero-order chi connectivity index (χ0) is 12.7. The van der Waals surface area contributed by atoms with Gasteiger partial charge in [-0.1, -0.05) is 46.3 Å². The Morgan fingerprint density at radius 3 is 2.50 bits per heavy atom. The molecule has 0 spiro atoms. The van der Waals surface area contributed by atoms with Gasteiger partial charge in [-0.3, -0.25) is 0 Å². The van der Waals surface area contributed by atoms with Crippen LogP contribution >= 0.6 is 59.1 Å². The summed E-state index contributed by atoms with van der Waals surface area (Å²) >= 11 is 12.8. The third-order valence-electron chi connectivity index (χ3n) is 3.38. The maximum atomic E-state index is 3.87. The maximum Gasteiger partial charge on any atom is 0.0843 e. The van der Waals surface area contributed by atoms with E-state index in [9.17, 15) is 0 Å². The summed E-state index contributed by atoms with van der Waals surface area (Å²) in [5.74, 6) is 1.44. The molecule has 1 aliphatic rings. The van der Waals surface area contributed by atoms with Crippen molar-refractivity contribution in [1.29, 1.82) is 0 Å². The van der Waals surface area contributed by atoms with Gasteiger partial charge in [0.05, 0.1) is 8.61 Å². The molecule has 0 nitrogen and oxygen atoms in total. The van der Waals surface area contributed by atoms with Crippen molar-refractivity contribution in [3.63, 3.8) is 0 Å². The molecule has 3 unspecified atom stereocenters. The van der Waals surface area contributed by atoms with Crippen LogP contribution in [-0.4, -0.2) is 0 Å². The van der Waals surface area contributed by atoms with E-state index in [1.54, 1.807) is 0 Å². The standard InChI is InChI=1S/C14H11Br3S/c15-11-7-12(18-14(11)17)13(16)10-6-9(10)8-4-2-1-3-5-8/h1-5,7,9-10,13H,6H2. The average Bonchev–Trinajstić information content (AvgIpc) is 3.11. The molecule has 1 fully saturated rings. The molecule has 0 radical (unpaired) electrons.